The van der Waals surface area contributed by atoms with Gasteiger partial charge in [-0.25, -0.2) is 16.8 Å². The smallest absolute Gasteiger partial charge is 0.243 e. The summed E-state index contributed by atoms with van der Waals surface area (Å²) in [7, 11) is -6.96. The van der Waals surface area contributed by atoms with Gasteiger partial charge >= 0.3 is 0 Å². The van der Waals surface area contributed by atoms with E-state index in [2.05, 4.69) is 0 Å². The fourth-order valence-electron chi connectivity index (χ4n) is 2.52. The van der Waals surface area contributed by atoms with Gasteiger partial charge in [0.05, 0.1) is 9.79 Å². The average Bonchev–Trinajstić information content (AvgIpc) is 2.46. The fraction of sp³-hybridized carbons (Fsp3) is 0.538. The lowest BCUT2D eigenvalue weighted by Crippen LogP contribution is -2.47. The van der Waals surface area contributed by atoms with Crippen LogP contribution in [-0.4, -0.2) is 46.5 Å². The van der Waals surface area contributed by atoms with Crippen LogP contribution in [0, 0.1) is 0 Å². The van der Waals surface area contributed by atoms with Crippen LogP contribution in [0.15, 0.2) is 34.1 Å². The Labute approximate surface area is 138 Å². The number of piperidine rings is 1. The second-order valence-corrected chi connectivity index (χ2v) is 9.15. The molecule has 2 N–H and O–H groups in total. The SMILES string of the molecule is CS(=O)(=O)c1ccc(S(=O)(=O)N2CCCCC2CN)cc1.Cl. The number of halogens is 1. The van der Waals surface area contributed by atoms with Crippen LogP contribution in [0.2, 0.25) is 0 Å². The summed E-state index contributed by atoms with van der Waals surface area (Å²) in [6.45, 7) is 0.749. The van der Waals surface area contributed by atoms with Crippen molar-refractivity contribution in [1.82, 2.24) is 4.31 Å². The van der Waals surface area contributed by atoms with Crippen LogP contribution >= 0.6 is 12.4 Å². The Morgan fingerprint density at radius 1 is 1.09 bits per heavy atom. The molecule has 0 bridgehead atoms. The Bertz CT molecular complexity index is 702. The van der Waals surface area contributed by atoms with Crippen LogP contribution in [0.5, 0.6) is 0 Å². The molecule has 22 heavy (non-hydrogen) atoms. The van der Waals surface area contributed by atoms with Crippen molar-refractivity contribution in [3.05, 3.63) is 24.3 Å². The molecule has 0 amide bonds. The van der Waals surface area contributed by atoms with Gasteiger partial charge in [-0.05, 0) is 37.1 Å². The van der Waals surface area contributed by atoms with E-state index in [9.17, 15) is 16.8 Å². The zero-order valence-electron chi connectivity index (χ0n) is 12.3. The van der Waals surface area contributed by atoms with Crippen LogP contribution in [0.1, 0.15) is 19.3 Å². The average molecular weight is 369 g/mol. The normalized spacial score (nSPS) is 20.4. The molecule has 126 valence electrons. The minimum atomic E-state index is -3.63. The molecule has 1 unspecified atom stereocenters. The molecule has 1 atom stereocenters. The molecule has 0 saturated carbocycles. The number of nitrogens with two attached hydrogens (primary N) is 1. The Balaban J connectivity index is 0.00000242. The molecular formula is C13H21ClN2O4S2. The lowest BCUT2D eigenvalue weighted by Gasteiger charge is -2.33. The van der Waals surface area contributed by atoms with Crippen molar-refractivity contribution in [2.75, 3.05) is 19.3 Å². The van der Waals surface area contributed by atoms with Crippen LogP contribution < -0.4 is 5.73 Å². The van der Waals surface area contributed by atoms with Crippen LogP contribution in [0.4, 0.5) is 0 Å². The third kappa shape index (κ3) is 3.99. The van der Waals surface area contributed by atoms with E-state index in [1.165, 1.54) is 28.6 Å². The lowest BCUT2D eigenvalue weighted by molar-refractivity contribution is 0.257. The Hall–Kier alpha value is -0.670. The first kappa shape index (κ1) is 19.4. The topological polar surface area (TPSA) is 97.5 Å². The van der Waals surface area contributed by atoms with E-state index in [-0.39, 0.29) is 28.2 Å². The van der Waals surface area contributed by atoms with E-state index in [0.717, 1.165) is 25.5 Å². The summed E-state index contributed by atoms with van der Waals surface area (Å²) in [6.07, 6.45) is 3.64. The van der Waals surface area contributed by atoms with Crippen LogP contribution in [0.25, 0.3) is 0 Å². The van der Waals surface area contributed by atoms with Crippen molar-refractivity contribution in [1.29, 1.82) is 0 Å². The van der Waals surface area contributed by atoms with Crippen LogP contribution in [-0.2, 0) is 19.9 Å². The molecule has 1 aromatic rings. The highest BCUT2D eigenvalue weighted by molar-refractivity contribution is 7.90. The van der Waals surface area contributed by atoms with Gasteiger partial charge in [0.15, 0.2) is 9.84 Å². The molecule has 0 aliphatic carbocycles. The van der Waals surface area contributed by atoms with Gasteiger partial charge in [-0.15, -0.1) is 12.4 Å². The van der Waals surface area contributed by atoms with Gasteiger partial charge in [0.2, 0.25) is 10.0 Å². The first-order valence-corrected chi connectivity index (χ1v) is 10.1. The number of sulfone groups is 1. The highest BCUT2D eigenvalue weighted by Crippen LogP contribution is 2.25. The number of hydrogen-bond acceptors (Lipinski definition) is 5. The molecule has 1 fully saturated rings. The number of nitrogens with zero attached hydrogens (tertiary/aromatic N) is 1. The van der Waals surface area contributed by atoms with Crippen molar-refractivity contribution in [3.63, 3.8) is 0 Å². The molecule has 9 heteroatoms. The number of rotatable bonds is 4. The summed E-state index contributed by atoms with van der Waals surface area (Å²) in [4.78, 5) is 0.214. The molecule has 1 heterocycles. The summed E-state index contributed by atoms with van der Waals surface area (Å²) in [6, 6.07) is 5.15. The zero-order chi connectivity index (χ0) is 15.7. The number of hydrogen-bond donors (Lipinski definition) is 1. The quantitative estimate of drug-likeness (QED) is 0.855. The molecule has 0 aromatic heterocycles. The Kier molecular flexibility index (Phi) is 6.40. The predicted molar refractivity (Wildman–Crippen MR) is 87.4 cm³/mol. The fourth-order valence-corrected chi connectivity index (χ4v) is 4.85. The standard InChI is InChI=1S/C13H20N2O4S2.ClH/c1-20(16,17)12-5-7-13(8-6-12)21(18,19)15-9-3-2-4-11(15)10-14;/h5-8,11H,2-4,9-10,14H2,1H3;1H. The molecule has 0 spiro atoms. The van der Waals surface area contributed by atoms with Crippen LogP contribution in [0.3, 0.4) is 0 Å². The van der Waals surface area contributed by atoms with E-state index in [1.807, 2.05) is 0 Å². The van der Waals surface area contributed by atoms with Crippen molar-refractivity contribution in [2.45, 2.75) is 35.1 Å². The van der Waals surface area contributed by atoms with E-state index in [1.54, 1.807) is 0 Å². The second kappa shape index (κ2) is 7.27. The third-order valence-corrected chi connectivity index (χ3v) is 6.80. The van der Waals surface area contributed by atoms with Gasteiger partial charge in [-0.3, -0.25) is 0 Å². The highest BCUT2D eigenvalue weighted by atomic mass is 35.5. The highest BCUT2D eigenvalue weighted by Gasteiger charge is 2.32. The maximum atomic E-state index is 12.6. The van der Waals surface area contributed by atoms with Gasteiger partial charge in [0.1, 0.15) is 0 Å². The lowest BCUT2D eigenvalue weighted by atomic mass is 10.1. The molecule has 2 rings (SSSR count). The zero-order valence-corrected chi connectivity index (χ0v) is 14.8. The summed E-state index contributed by atoms with van der Waals surface area (Å²) in [5.41, 5.74) is 5.66. The first-order chi connectivity index (χ1) is 9.76. The van der Waals surface area contributed by atoms with Crippen molar-refractivity contribution < 1.29 is 16.8 Å². The minimum absolute atomic E-state index is 0. The largest absolute Gasteiger partial charge is 0.329 e. The van der Waals surface area contributed by atoms with Crippen molar-refractivity contribution >= 4 is 32.3 Å². The van der Waals surface area contributed by atoms with E-state index in [4.69, 9.17) is 5.73 Å². The minimum Gasteiger partial charge on any atom is -0.329 e. The Morgan fingerprint density at radius 3 is 2.14 bits per heavy atom. The van der Waals surface area contributed by atoms with Gasteiger partial charge in [0.25, 0.3) is 0 Å². The maximum Gasteiger partial charge on any atom is 0.243 e. The molecule has 1 aromatic carbocycles. The molecular weight excluding hydrogens is 348 g/mol. The molecule has 1 saturated heterocycles. The summed E-state index contributed by atoms with van der Waals surface area (Å²) in [5.74, 6) is 0. The van der Waals surface area contributed by atoms with Gasteiger partial charge in [-0.2, -0.15) is 4.31 Å². The van der Waals surface area contributed by atoms with Crippen molar-refractivity contribution in [3.8, 4) is 0 Å². The molecule has 6 nitrogen and oxygen atoms in total. The summed E-state index contributed by atoms with van der Waals surface area (Å²) < 4.78 is 49.5. The van der Waals surface area contributed by atoms with Gasteiger partial charge in [0, 0.05) is 25.4 Å². The third-order valence-electron chi connectivity index (χ3n) is 3.70. The molecule has 0 radical (unpaired) electrons. The first-order valence-electron chi connectivity index (χ1n) is 6.79. The van der Waals surface area contributed by atoms with Crippen molar-refractivity contribution in [2.24, 2.45) is 5.73 Å². The second-order valence-electron chi connectivity index (χ2n) is 5.24. The van der Waals surface area contributed by atoms with Gasteiger partial charge in [-0.1, -0.05) is 6.42 Å². The maximum absolute atomic E-state index is 12.6. The van der Waals surface area contributed by atoms with E-state index < -0.39 is 19.9 Å². The monoisotopic (exact) mass is 368 g/mol. The predicted octanol–water partition coefficient (Wildman–Crippen LogP) is 1.01. The van der Waals surface area contributed by atoms with E-state index in [0.29, 0.717) is 13.1 Å². The summed E-state index contributed by atoms with van der Waals surface area (Å²) in [5, 5.41) is 0. The number of benzene rings is 1. The Morgan fingerprint density at radius 2 is 1.64 bits per heavy atom. The number of sulfonamides is 1. The van der Waals surface area contributed by atoms with E-state index >= 15 is 0 Å². The van der Waals surface area contributed by atoms with Gasteiger partial charge < -0.3 is 5.73 Å². The molecule has 1 aliphatic rings. The summed E-state index contributed by atoms with van der Waals surface area (Å²) >= 11 is 0. The molecule has 1 aliphatic heterocycles.